The average Bonchev–Trinajstić information content (AvgIpc) is 2.73. The summed E-state index contributed by atoms with van der Waals surface area (Å²) in [5, 5.41) is 0. The number of benzene rings is 3. The number of aryl methyl sites for hydroxylation is 1. The standard InChI is InChI=1S/C22H20FNO4S/c1-16-6-8-18(9-7-16)24(15-17-4-2-3-5-20(17)23)29(25,26)19-10-11-21-22(14-19)28-13-12-27-21/h2-11,14H,12-13,15H2,1H3. The summed E-state index contributed by atoms with van der Waals surface area (Å²) < 4.78 is 53.6. The number of hydrogen-bond donors (Lipinski definition) is 0. The highest BCUT2D eigenvalue weighted by atomic mass is 32.2. The number of hydrogen-bond acceptors (Lipinski definition) is 4. The molecule has 0 aromatic heterocycles. The van der Waals surface area contributed by atoms with Crippen LogP contribution in [0.3, 0.4) is 0 Å². The molecule has 0 unspecified atom stereocenters. The smallest absolute Gasteiger partial charge is 0.264 e. The predicted molar refractivity (Wildman–Crippen MR) is 108 cm³/mol. The maximum atomic E-state index is 14.3. The number of sulfonamides is 1. The van der Waals surface area contributed by atoms with Gasteiger partial charge in [-0.1, -0.05) is 35.9 Å². The third kappa shape index (κ3) is 3.91. The van der Waals surface area contributed by atoms with E-state index < -0.39 is 15.8 Å². The molecule has 29 heavy (non-hydrogen) atoms. The molecule has 3 aromatic rings. The van der Waals surface area contributed by atoms with Gasteiger partial charge in [0.05, 0.1) is 17.1 Å². The van der Waals surface area contributed by atoms with E-state index in [9.17, 15) is 12.8 Å². The first kappa shape index (κ1) is 19.3. The van der Waals surface area contributed by atoms with E-state index in [1.54, 1.807) is 36.4 Å². The molecule has 0 saturated heterocycles. The van der Waals surface area contributed by atoms with E-state index in [1.165, 1.54) is 22.5 Å². The molecule has 1 aliphatic rings. The molecule has 1 heterocycles. The van der Waals surface area contributed by atoms with Crippen molar-refractivity contribution in [3.63, 3.8) is 0 Å². The van der Waals surface area contributed by atoms with Crippen molar-refractivity contribution >= 4 is 15.7 Å². The van der Waals surface area contributed by atoms with Crippen molar-refractivity contribution in [2.24, 2.45) is 0 Å². The number of anilines is 1. The highest BCUT2D eigenvalue weighted by Gasteiger charge is 2.28. The largest absolute Gasteiger partial charge is 0.486 e. The zero-order valence-corrected chi connectivity index (χ0v) is 16.7. The monoisotopic (exact) mass is 413 g/mol. The fourth-order valence-electron chi connectivity index (χ4n) is 3.12. The third-order valence-electron chi connectivity index (χ3n) is 4.70. The Kier molecular flexibility index (Phi) is 5.15. The summed E-state index contributed by atoms with van der Waals surface area (Å²) in [6, 6.07) is 17.7. The molecule has 0 N–H and O–H groups in total. The Hall–Kier alpha value is -3.06. The molecule has 5 nitrogen and oxygen atoms in total. The second-order valence-electron chi connectivity index (χ2n) is 6.74. The summed E-state index contributed by atoms with van der Waals surface area (Å²) in [4.78, 5) is 0.0543. The Balaban J connectivity index is 1.79. The molecule has 0 radical (unpaired) electrons. The van der Waals surface area contributed by atoms with E-state index in [0.717, 1.165) is 5.56 Å². The van der Waals surface area contributed by atoms with E-state index in [1.807, 2.05) is 19.1 Å². The zero-order chi connectivity index (χ0) is 20.4. The predicted octanol–water partition coefficient (Wildman–Crippen LogP) is 4.30. The van der Waals surface area contributed by atoms with Gasteiger partial charge in [0.2, 0.25) is 0 Å². The fraction of sp³-hybridized carbons (Fsp3) is 0.182. The quantitative estimate of drug-likeness (QED) is 0.626. The summed E-state index contributed by atoms with van der Waals surface area (Å²) >= 11 is 0. The van der Waals surface area contributed by atoms with Crippen LogP contribution >= 0.6 is 0 Å². The van der Waals surface area contributed by atoms with Crippen molar-refractivity contribution in [3.05, 3.63) is 83.7 Å². The van der Waals surface area contributed by atoms with Crippen molar-refractivity contribution in [1.29, 1.82) is 0 Å². The lowest BCUT2D eigenvalue weighted by molar-refractivity contribution is 0.171. The van der Waals surface area contributed by atoms with Crippen LogP contribution in [-0.2, 0) is 16.6 Å². The van der Waals surface area contributed by atoms with Crippen LogP contribution in [-0.4, -0.2) is 21.6 Å². The van der Waals surface area contributed by atoms with Crippen LogP contribution in [0.15, 0.2) is 71.6 Å². The Morgan fingerprint density at radius 3 is 2.34 bits per heavy atom. The minimum atomic E-state index is -3.98. The van der Waals surface area contributed by atoms with Gasteiger partial charge in [-0.25, -0.2) is 12.8 Å². The topological polar surface area (TPSA) is 55.8 Å². The van der Waals surface area contributed by atoms with Gasteiger partial charge in [0, 0.05) is 11.6 Å². The van der Waals surface area contributed by atoms with Gasteiger partial charge in [0.1, 0.15) is 19.0 Å². The Labute approximate surface area is 169 Å². The molecule has 0 atom stereocenters. The van der Waals surface area contributed by atoms with Gasteiger partial charge >= 0.3 is 0 Å². The van der Waals surface area contributed by atoms with Gasteiger partial charge in [0.25, 0.3) is 10.0 Å². The molecule has 3 aromatic carbocycles. The van der Waals surface area contributed by atoms with E-state index in [0.29, 0.717) is 30.4 Å². The second kappa shape index (κ2) is 7.75. The van der Waals surface area contributed by atoms with Crippen molar-refractivity contribution in [1.82, 2.24) is 0 Å². The lowest BCUT2D eigenvalue weighted by Crippen LogP contribution is -2.31. The minimum absolute atomic E-state index is 0.0543. The minimum Gasteiger partial charge on any atom is -0.486 e. The van der Waals surface area contributed by atoms with Crippen molar-refractivity contribution < 1.29 is 22.3 Å². The summed E-state index contributed by atoms with van der Waals surface area (Å²) in [6.07, 6.45) is 0. The number of ether oxygens (including phenoxy) is 2. The van der Waals surface area contributed by atoms with E-state index in [2.05, 4.69) is 0 Å². The van der Waals surface area contributed by atoms with Gasteiger partial charge in [-0.15, -0.1) is 0 Å². The molecular formula is C22H20FNO4S. The lowest BCUT2D eigenvalue weighted by Gasteiger charge is -2.26. The van der Waals surface area contributed by atoms with E-state index in [-0.39, 0.29) is 17.0 Å². The zero-order valence-electron chi connectivity index (χ0n) is 15.8. The van der Waals surface area contributed by atoms with Crippen LogP contribution in [0.1, 0.15) is 11.1 Å². The maximum Gasteiger partial charge on any atom is 0.264 e. The first-order valence-electron chi connectivity index (χ1n) is 9.17. The van der Waals surface area contributed by atoms with Crippen molar-refractivity contribution in [2.45, 2.75) is 18.4 Å². The summed E-state index contributed by atoms with van der Waals surface area (Å²) in [5.41, 5.74) is 1.74. The van der Waals surface area contributed by atoms with Crippen molar-refractivity contribution in [3.8, 4) is 11.5 Å². The number of rotatable bonds is 5. The Morgan fingerprint density at radius 2 is 1.62 bits per heavy atom. The highest BCUT2D eigenvalue weighted by Crippen LogP contribution is 2.35. The van der Waals surface area contributed by atoms with Gasteiger partial charge in [0.15, 0.2) is 11.5 Å². The van der Waals surface area contributed by atoms with Gasteiger partial charge in [-0.05, 0) is 37.3 Å². The van der Waals surface area contributed by atoms with Crippen molar-refractivity contribution in [2.75, 3.05) is 17.5 Å². The number of halogens is 1. The summed E-state index contributed by atoms with van der Waals surface area (Å²) in [5.74, 6) is 0.431. The highest BCUT2D eigenvalue weighted by molar-refractivity contribution is 7.92. The molecule has 0 spiro atoms. The molecule has 1 aliphatic heterocycles. The van der Waals surface area contributed by atoms with Gasteiger partial charge in [-0.2, -0.15) is 0 Å². The number of nitrogens with zero attached hydrogens (tertiary/aromatic N) is 1. The second-order valence-corrected chi connectivity index (χ2v) is 8.61. The molecule has 4 rings (SSSR count). The van der Waals surface area contributed by atoms with Crippen LogP contribution in [0.4, 0.5) is 10.1 Å². The van der Waals surface area contributed by atoms with Crippen LogP contribution in [0.5, 0.6) is 11.5 Å². The molecule has 0 amide bonds. The number of fused-ring (bicyclic) bond motifs is 1. The molecule has 0 saturated carbocycles. The summed E-state index contributed by atoms with van der Waals surface area (Å²) in [6.45, 7) is 2.56. The van der Waals surface area contributed by atoms with Crippen LogP contribution in [0, 0.1) is 12.7 Å². The first-order chi connectivity index (χ1) is 13.9. The third-order valence-corrected chi connectivity index (χ3v) is 6.47. The fourth-order valence-corrected chi connectivity index (χ4v) is 4.58. The van der Waals surface area contributed by atoms with E-state index >= 15 is 0 Å². The normalized spacial score (nSPS) is 13.2. The van der Waals surface area contributed by atoms with Crippen LogP contribution in [0.2, 0.25) is 0 Å². The maximum absolute atomic E-state index is 14.3. The first-order valence-corrected chi connectivity index (χ1v) is 10.6. The average molecular weight is 413 g/mol. The lowest BCUT2D eigenvalue weighted by atomic mass is 10.2. The molecule has 0 bridgehead atoms. The Bertz CT molecular complexity index is 1130. The molecule has 7 heteroatoms. The summed E-state index contributed by atoms with van der Waals surface area (Å²) in [7, 11) is -3.98. The molecular weight excluding hydrogens is 393 g/mol. The van der Waals surface area contributed by atoms with E-state index in [4.69, 9.17) is 9.47 Å². The van der Waals surface area contributed by atoms with Gasteiger partial charge < -0.3 is 9.47 Å². The molecule has 0 fully saturated rings. The van der Waals surface area contributed by atoms with Crippen LogP contribution < -0.4 is 13.8 Å². The van der Waals surface area contributed by atoms with Crippen LogP contribution in [0.25, 0.3) is 0 Å². The van der Waals surface area contributed by atoms with Gasteiger partial charge in [-0.3, -0.25) is 4.31 Å². The SMILES string of the molecule is Cc1ccc(N(Cc2ccccc2F)S(=O)(=O)c2ccc3c(c2)OCCO3)cc1. The molecule has 150 valence electrons. The Morgan fingerprint density at radius 1 is 0.931 bits per heavy atom. The molecule has 0 aliphatic carbocycles.